The molecule has 1 unspecified atom stereocenters. The molecule has 0 saturated heterocycles. The fourth-order valence-electron chi connectivity index (χ4n) is 3.67. The molecule has 3 rings (SSSR count). The summed E-state index contributed by atoms with van der Waals surface area (Å²) >= 11 is 0. The van der Waals surface area contributed by atoms with Crippen molar-refractivity contribution in [2.75, 3.05) is 38.3 Å². The van der Waals surface area contributed by atoms with Gasteiger partial charge in [-0.05, 0) is 26.5 Å². The molecular weight excluding hydrogens is 527 g/mol. The number of hydrogen-bond donors (Lipinski definition) is 3. The normalized spacial score (nSPS) is 13.0. The number of pyridine rings is 2. The van der Waals surface area contributed by atoms with Gasteiger partial charge in [-0.1, -0.05) is 6.92 Å². The molecule has 0 fully saturated rings. The van der Waals surface area contributed by atoms with Crippen molar-refractivity contribution in [1.82, 2.24) is 25.3 Å². The third-order valence-electron chi connectivity index (χ3n) is 5.33. The van der Waals surface area contributed by atoms with Crippen LogP contribution in [-0.2, 0) is 6.18 Å². The van der Waals surface area contributed by atoms with Gasteiger partial charge in [-0.25, -0.2) is 14.4 Å². The van der Waals surface area contributed by atoms with E-state index in [1.54, 1.807) is 7.05 Å². The molecule has 9 nitrogen and oxygen atoms in total. The molecule has 208 valence electrons. The minimum atomic E-state index is -5.04. The summed E-state index contributed by atoms with van der Waals surface area (Å²) in [6, 6.07) is 0.318. The molecule has 0 aliphatic heterocycles. The van der Waals surface area contributed by atoms with E-state index in [1.165, 1.54) is 6.92 Å². The van der Waals surface area contributed by atoms with Gasteiger partial charge in [0.15, 0.2) is 11.9 Å². The quantitative estimate of drug-likeness (QED) is 0.261. The van der Waals surface area contributed by atoms with Crippen LogP contribution < -0.4 is 25.8 Å². The number of methoxy groups -OCH3 is 1. The number of ether oxygens (including phenoxy) is 2. The monoisotopic (exact) mass is 551 g/mol. The minimum absolute atomic E-state index is 0.170. The second-order valence-electron chi connectivity index (χ2n) is 8.00. The summed E-state index contributed by atoms with van der Waals surface area (Å²) < 4.78 is 109. The molecule has 3 aromatic rings. The Balaban J connectivity index is 2.46. The summed E-state index contributed by atoms with van der Waals surface area (Å²) in [5.74, 6) is -2.82. The average molecular weight is 551 g/mol. The van der Waals surface area contributed by atoms with Gasteiger partial charge in [0.1, 0.15) is 28.2 Å². The van der Waals surface area contributed by atoms with Gasteiger partial charge in [0, 0.05) is 18.7 Å². The van der Waals surface area contributed by atoms with Crippen LogP contribution in [0, 0.1) is 12.7 Å². The third kappa shape index (κ3) is 5.89. The van der Waals surface area contributed by atoms with Gasteiger partial charge >= 0.3 is 18.4 Å². The van der Waals surface area contributed by atoms with E-state index in [4.69, 9.17) is 15.2 Å². The molecule has 0 saturated carbocycles. The molecular formula is C22H24F7N7O2. The Hall–Kier alpha value is -3.69. The van der Waals surface area contributed by atoms with E-state index in [2.05, 4.69) is 30.6 Å². The van der Waals surface area contributed by atoms with Gasteiger partial charge in [0.25, 0.3) is 0 Å². The standard InChI is InChI=1S/C22H24F7N7O2/c1-5-11(21(24,25)26)38-19-13-17(35-20(37-4)36-18(13)32-7-6-31-3)15(23)16(34-19)10-8-12(30)33-9(2)14(10)22(27,28)29/h8,11,31H,5-7H2,1-4H3,(H2,30,33)(H,32,35,36). The average Bonchev–Trinajstić information content (AvgIpc) is 2.81. The van der Waals surface area contributed by atoms with Crippen LogP contribution in [0.25, 0.3) is 22.2 Å². The number of aromatic nitrogens is 4. The SMILES string of the molecule is CCC(Oc1nc(-c2cc(N)nc(C)c2C(F)(F)F)c(F)c2nc(OC)nc(NCCNC)c12)C(F)(F)F. The Kier molecular flexibility index (Phi) is 8.33. The van der Waals surface area contributed by atoms with Gasteiger partial charge in [-0.2, -0.15) is 36.3 Å². The van der Waals surface area contributed by atoms with Crippen LogP contribution in [0.5, 0.6) is 11.9 Å². The molecule has 0 bridgehead atoms. The molecule has 4 N–H and O–H groups in total. The molecule has 0 aliphatic carbocycles. The van der Waals surface area contributed by atoms with Crippen molar-refractivity contribution < 1.29 is 40.2 Å². The number of aryl methyl sites for hydroxylation is 1. The minimum Gasteiger partial charge on any atom is -0.467 e. The first-order chi connectivity index (χ1) is 17.7. The summed E-state index contributed by atoms with van der Waals surface area (Å²) in [5, 5.41) is 5.22. The van der Waals surface area contributed by atoms with Crippen molar-refractivity contribution in [3.63, 3.8) is 0 Å². The molecule has 3 heterocycles. The third-order valence-corrected chi connectivity index (χ3v) is 5.33. The first-order valence-corrected chi connectivity index (χ1v) is 11.1. The molecule has 0 aliphatic rings. The van der Waals surface area contributed by atoms with E-state index in [9.17, 15) is 26.3 Å². The second kappa shape index (κ2) is 11.0. The van der Waals surface area contributed by atoms with Gasteiger partial charge in [0.2, 0.25) is 5.88 Å². The van der Waals surface area contributed by atoms with Gasteiger partial charge in [-0.15, -0.1) is 0 Å². The van der Waals surface area contributed by atoms with Gasteiger partial charge < -0.3 is 25.8 Å². The van der Waals surface area contributed by atoms with E-state index < -0.39 is 81.8 Å². The van der Waals surface area contributed by atoms with Gasteiger partial charge in [-0.3, -0.25) is 0 Å². The lowest BCUT2D eigenvalue weighted by Gasteiger charge is -2.23. The summed E-state index contributed by atoms with van der Waals surface area (Å²) in [6.07, 6.45) is -12.9. The summed E-state index contributed by atoms with van der Waals surface area (Å²) in [6.45, 7) is 2.72. The molecule has 0 aromatic carbocycles. The van der Waals surface area contributed by atoms with Crippen molar-refractivity contribution in [3.05, 3.63) is 23.1 Å². The Morgan fingerprint density at radius 3 is 2.29 bits per heavy atom. The number of fused-ring (bicyclic) bond motifs is 1. The Labute approximate surface area is 212 Å². The lowest BCUT2D eigenvalue weighted by Crippen LogP contribution is -2.34. The van der Waals surface area contributed by atoms with Crippen molar-refractivity contribution in [1.29, 1.82) is 0 Å². The van der Waals surface area contributed by atoms with Crippen LogP contribution >= 0.6 is 0 Å². The predicted molar refractivity (Wildman–Crippen MR) is 124 cm³/mol. The zero-order valence-corrected chi connectivity index (χ0v) is 20.6. The number of halogens is 7. The summed E-state index contributed by atoms with van der Waals surface area (Å²) in [5.41, 5.74) is 1.15. The number of nitrogen functional groups attached to an aromatic ring is 1. The first kappa shape index (κ1) is 28.9. The van der Waals surface area contributed by atoms with Crippen LogP contribution in [-0.4, -0.2) is 59.5 Å². The number of likely N-dealkylation sites (N-methyl/N-ethyl adjacent to an activating group) is 1. The van der Waals surface area contributed by atoms with Crippen molar-refractivity contribution in [2.45, 2.75) is 38.7 Å². The fraction of sp³-hybridized carbons (Fsp3) is 0.455. The molecule has 38 heavy (non-hydrogen) atoms. The van der Waals surface area contributed by atoms with Crippen LogP contribution in [0.3, 0.4) is 0 Å². The second-order valence-corrected chi connectivity index (χ2v) is 8.00. The van der Waals surface area contributed by atoms with E-state index in [-0.39, 0.29) is 12.4 Å². The van der Waals surface area contributed by atoms with E-state index >= 15 is 4.39 Å². The number of nitrogens with one attached hydrogen (secondary N) is 2. The number of rotatable bonds is 9. The number of hydrogen-bond acceptors (Lipinski definition) is 9. The number of anilines is 2. The predicted octanol–water partition coefficient (Wildman–Crippen LogP) is 4.49. The summed E-state index contributed by atoms with van der Waals surface area (Å²) in [7, 11) is 2.79. The van der Waals surface area contributed by atoms with E-state index in [0.29, 0.717) is 6.54 Å². The largest absolute Gasteiger partial charge is 0.467 e. The summed E-state index contributed by atoms with van der Waals surface area (Å²) in [4.78, 5) is 15.3. The number of nitrogens with two attached hydrogens (primary N) is 1. The van der Waals surface area contributed by atoms with Crippen LogP contribution in [0.4, 0.5) is 42.4 Å². The molecule has 0 spiro atoms. The first-order valence-electron chi connectivity index (χ1n) is 11.1. The zero-order chi connectivity index (χ0) is 28.4. The maximum Gasteiger partial charge on any atom is 0.425 e. The highest BCUT2D eigenvalue weighted by molar-refractivity contribution is 5.96. The maximum atomic E-state index is 15.9. The highest BCUT2D eigenvalue weighted by atomic mass is 19.4. The molecule has 0 radical (unpaired) electrons. The van der Waals surface area contributed by atoms with E-state index in [1.807, 2.05) is 0 Å². The van der Waals surface area contributed by atoms with Crippen molar-refractivity contribution in [2.24, 2.45) is 0 Å². The molecule has 16 heteroatoms. The maximum absolute atomic E-state index is 15.9. The topological polar surface area (TPSA) is 120 Å². The van der Waals surface area contributed by atoms with Crippen molar-refractivity contribution in [3.8, 4) is 23.1 Å². The highest BCUT2D eigenvalue weighted by Gasteiger charge is 2.42. The van der Waals surface area contributed by atoms with Crippen LogP contribution in [0.2, 0.25) is 0 Å². The highest BCUT2D eigenvalue weighted by Crippen LogP contribution is 2.43. The van der Waals surface area contributed by atoms with Gasteiger partial charge in [0.05, 0.1) is 18.4 Å². The molecule has 1 atom stereocenters. The smallest absolute Gasteiger partial charge is 0.425 e. The Morgan fingerprint density at radius 2 is 1.74 bits per heavy atom. The van der Waals surface area contributed by atoms with Crippen molar-refractivity contribution >= 4 is 22.5 Å². The number of nitrogens with zero attached hydrogens (tertiary/aromatic N) is 4. The number of alkyl halides is 6. The van der Waals surface area contributed by atoms with E-state index in [0.717, 1.165) is 20.1 Å². The lowest BCUT2D eigenvalue weighted by molar-refractivity contribution is -0.196. The Morgan fingerprint density at radius 1 is 1.05 bits per heavy atom. The zero-order valence-electron chi connectivity index (χ0n) is 20.6. The molecule has 3 aromatic heterocycles. The van der Waals surface area contributed by atoms with Crippen LogP contribution in [0.15, 0.2) is 6.07 Å². The lowest BCUT2D eigenvalue weighted by atomic mass is 10.0. The van der Waals surface area contributed by atoms with Crippen LogP contribution in [0.1, 0.15) is 24.6 Å². The molecule has 0 amide bonds. The fourth-order valence-corrected chi connectivity index (χ4v) is 3.67. The Bertz CT molecular complexity index is 1320.